The molecule has 0 aliphatic rings. The summed E-state index contributed by atoms with van der Waals surface area (Å²) >= 11 is 0. The van der Waals surface area contributed by atoms with Gasteiger partial charge < -0.3 is 4.98 Å². The van der Waals surface area contributed by atoms with Crippen LogP contribution in [-0.2, 0) is 6.54 Å². The maximum Gasteiger partial charge on any atom is 0.328 e. The number of aromatic amines is 1. The Morgan fingerprint density at radius 1 is 1.24 bits per heavy atom. The molecular weight excluding hydrogens is 216 g/mol. The van der Waals surface area contributed by atoms with Crippen LogP contribution in [-0.4, -0.2) is 9.55 Å². The molecule has 1 N–H and O–H groups in total. The molecule has 0 radical (unpaired) electrons. The van der Waals surface area contributed by atoms with Crippen LogP contribution in [0.15, 0.2) is 52.7 Å². The summed E-state index contributed by atoms with van der Waals surface area (Å²) in [4.78, 5) is 26.0. The number of benzene rings is 1. The molecule has 1 aromatic carbocycles. The molecule has 0 aliphatic heterocycles. The molecule has 17 heavy (non-hydrogen) atoms. The maximum atomic E-state index is 11.9. The van der Waals surface area contributed by atoms with E-state index in [0.717, 1.165) is 10.1 Å². The third kappa shape index (κ3) is 2.25. The molecule has 0 unspecified atom stereocenters. The smallest absolute Gasteiger partial charge is 0.313 e. The van der Waals surface area contributed by atoms with Crippen molar-refractivity contribution in [2.75, 3.05) is 0 Å². The average Bonchev–Trinajstić information content (AvgIpc) is 2.36. The van der Waals surface area contributed by atoms with E-state index in [2.05, 4.69) is 11.6 Å². The lowest BCUT2D eigenvalue weighted by molar-refractivity contribution is 0.697. The highest BCUT2D eigenvalue weighted by Crippen LogP contribution is 1.99. The molecule has 0 amide bonds. The lowest BCUT2D eigenvalue weighted by Gasteiger charge is -2.05. The summed E-state index contributed by atoms with van der Waals surface area (Å²) in [7, 11) is 0. The molecule has 4 nitrogen and oxygen atoms in total. The van der Waals surface area contributed by atoms with Gasteiger partial charge in [0.2, 0.25) is 0 Å². The van der Waals surface area contributed by atoms with Gasteiger partial charge in [-0.25, -0.2) is 4.79 Å². The molecule has 0 bridgehead atoms. The fourth-order valence-corrected chi connectivity index (χ4v) is 1.58. The van der Waals surface area contributed by atoms with Crippen molar-refractivity contribution in [3.63, 3.8) is 0 Å². The number of H-pyrrole nitrogens is 1. The summed E-state index contributed by atoms with van der Waals surface area (Å²) < 4.78 is 1.16. The summed E-state index contributed by atoms with van der Waals surface area (Å²) in [6.45, 7) is 3.79. The summed E-state index contributed by atoms with van der Waals surface area (Å²) in [5.41, 5.74) is 0.555. The highest BCUT2D eigenvalue weighted by Gasteiger charge is 2.05. The minimum atomic E-state index is -0.413. The Kier molecular flexibility index (Phi) is 3.05. The van der Waals surface area contributed by atoms with E-state index in [0.29, 0.717) is 5.56 Å². The van der Waals surface area contributed by atoms with Gasteiger partial charge in [-0.3, -0.25) is 9.36 Å². The topological polar surface area (TPSA) is 54.9 Å². The molecule has 4 heteroatoms. The third-order valence-electron chi connectivity index (χ3n) is 2.49. The first-order valence-electron chi connectivity index (χ1n) is 5.21. The van der Waals surface area contributed by atoms with Crippen LogP contribution in [0.4, 0.5) is 0 Å². The van der Waals surface area contributed by atoms with Crippen LogP contribution in [0.2, 0.25) is 0 Å². The zero-order valence-corrected chi connectivity index (χ0v) is 9.22. The summed E-state index contributed by atoms with van der Waals surface area (Å²) in [6, 6.07) is 9.35. The van der Waals surface area contributed by atoms with Gasteiger partial charge in [0.25, 0.3) is 5.56 Å². The number of nitrogens with zero attached hydrogens (tertiary/aromatic N) is 1. The standard InChI is InChI=1S/C13H12N2O2/c1-2-11-8-14-13(17)15(12(11)16)9-10-6-4-3-5-7-10/h2-8H,1,9H2,(H,14,17). The van der Waals surface area contributed by atoms with E-state index in [4.69, 9.17) is 0 Å². The average molecular weight is 228 g/mol. The van der Waals surface area contributed by atoms with Crippen molar-refractivity contribution in [1.29, 1.82) is 0 Å². The van der Waals surface area contributed by atoms with Gasteiger partial charge in [-0.05, 0) is 5.56 Å². The normalized spacial score (nSPS) is 10.1. The van der Waals surface area contributed by atoms with E-state index >= 15 is 0 Å². The minimum absolute atomic E-state index is 0.261. The molecule has 2 aromatic rings. The molecule has 2 rings (SSSR count). The Morgan fingerprint density at radius 3 is 2.59 bits per heavy atom. The molecule has 1 aromatic heterocycles. The first-order chi connectivity index (χ1) is 8.22. The molecule has 86 valence electrons. The lowest BCUT2D eigenvalue weighted by Crippen LogP contribution is -2.36. The van der Waals surface area contributed by atoms with Gasteiger partial charge >= 0.3 is 5.69 Å². The predicted molar refractivity (Wildman–Crippen MR) is 67.0 cm³/mol. The number of hydrogen-bond donors (Lipinski definition) is 1. The number of rotatable bonds is 3. The summed E-state index contributed by atoms with van der Waals surface area (Å²) in [5.74, 6) is 0. The van der Waals surface area contributed by atoms with E-state index in [-0.39, 0.29) is 12.1 Å². The lowest BCUT2D eigenvalue weighted by atomic mass is 10.2. The van der Waals surface area contributed by atoms with Crippen molar-refractivity contribution in [3.8, 4) is 0 Å². The van der Waals surface area contributed by atoms with Crippen LogP contribution in [0.25, 0.3) is 6.08 Å². The highest BCUT2D eigenvalue weighted by molar-refractivity contribution is 5.43. The highest BCUT2D eigenvalue weighted by atomic mass is 16.2. The fraction of sp³-hybridized carbons (Fsp3) is 0.0769. The Morgan fingerprint density at radius 2 is 1.94 bits per heavy atom. The third-order valence-corrected chi connectivity index (χ3v) is 2.49. The largest absolute Gasteiger partial charge is 0.328 e. The first-order valence-corrected chi connectivity index (χ1v) is 5.21. The van der Waals surface area contributed by atoms with Crippen molar-refractivity contribution in [2.45, 2.75) is 6.54 Å². The van der Waals surface area contributed by atoms with Gasteiger partial charge in [-0.15, -0.1) is 0 Å². The van der Waals surface area contributed by atoms with Crippen molar-refractivity contribution in [2.24, 2.45) is 0 Å². The summed E-state index contributed by atoms with van der Waals surface area (Å²) in [6.07, 6.45) is 2.80. The second kappa shape index (κ2) is 4.65. The number of hydrogen-bond acceptors (Lipinski definition) is 2. The molecule has 0 spiro atoms. The Balaban J connectivity index is 2.50. The zero-order chi connectivity index (χ0) is 12.3. The molecule has 0 saturated carbocycles. The van der Waals surface area contributed by atoms with E-state index in [9.17, 15) is 9.59 Å². The molecule has 1 heterocycles. The molecule has 0 fully saturated rings. The van der Waals surface area contributed by atoms with Crippen LogP contribution < -0.4 is 11.2 Å². The van der Waals surface area contributed by atoms with E-state index < -0.39 is 5.69 Å². The van der Waals surface area contributed by atoms with E-state index in [1.54, 1.807) is 0 Å². The van der Waals surface area contributed by atoms with Gasteiger partial charge in [-0.2, -0.15) is 0 Å². The predicted octanol–water partition coefficient (Wildman–Crippen LogP) is 1.23. The van der Waals surface area contributed by atoms with Crippen molar-refractivity contribution in [3.05, 3.63) is 75.1 Å². The van der Waals surface area contributed by atoms with Gasteiger partial charge in [0.15, 0.2) is 0 Å². The number of nitrogens with one attached hydrogen (secondary N) is 1. The first kappa shape index (κ1) is 11.1. The van der Waals surface area contributed by atoms with Crippen LogP contribution in [0.1, 0.15) is 11.1 Å². The second-order valence-corrected chi connectivity index (χ2v) is 3.63. The molecular formula is C13H12N2O2. The van der Waals surface area contributed by atoms with Crippen molar-refractivity contribution < 1.29 is 0 Å². The van der Waals surface area contributed by atoms with Gasteiger partial charge in [-0.1, -0.05) is 43.0 Å². The quantitative estimate of drug-likeness (QED) is 0.859. The van der Waals surface area contributed by atoms with E-state index in [1.165, 1.54) is 12.3 Å². The van der Waals surface area contributed by atoms with Gasteiger partial charge in [0.1, 0.15) is 0 Å². The van der Waals surface area contributed by atoms with Gasteiger partial charge in [0, 0.05) is 6.20 Å². The number of aromatic nitrogens is 2. The Bertz CT molecular complexity index is 638. The molecule has 0 saturated heterocycles. The minimum Gasteiger partial charge on any atom is -0.313 e. The Hall–Kier alpha value is -2.36. The van der Waals surface area contributed by atoms with Crippen molar-refractivity contribution >= 4 is 6.08 Å². The summed E-state index contributed by atoms with van der Waals surface area (Å²) in [5, 5.41) is 0. The fourth-order valence-electron chi connectivity index (χ4n) is 1.58. The van der Waals surface area contributed by atoms with E-state index in [1.807, 2.05) is 30.3 Å². The van der Waals surface area contributed by atoms with Gasteiger partial charge in [0.05, 0.1) is 12.1 Å². The van der Waals surface area contributed by atoms with Crippen LogP contribution in [0.3, 0.4) is 0 Å². The Labute approximate surface area is 97.9 Å². The second-order valence-electron chi connectivity index (χ2n) is 3.63. The van der Waals surface area contributed by atoms with Crippen LogP contribution in [0.5, 0.6) is 0 Å². The SMILES string of the molecule is C=Cc1c[nH]c(=O)n(Cc2ccccc2)c1=O. The molecule has 0 aliphatic carbocycles. The maximum absolute atomic E-state index is 11.9. The van der Waals surface area contributed by atoms with Crippen molar-refractivity contribution in [1.82, 2.24) is 9.55 Å². The molecule has 0 atom stereocenters. The van der Waals surface area contributed by atoms with Crippen LogP contribution >= 0.6 is 0 Å². The van der Waals surface area contributed by atoms with Crippen LogP contribution in [0, 0.1) is 0 Å². The monoisotopic (exact) mass is 228 g/mol. The zero-order valence-electron chi connectivity index (χ0n) is 9.22.